The second kappa shape index (κ2) is 5.37. The number of fused-ring (bicyclic) bond motifs is 1. The number of para-hydroxylation sites is 1. The summed E-state index contributed by atoms with van der Waals surface area (Å²) >= 11 is 3.62. The first-order chi connectivity index (χ1) is 9.65. The molecule has 0 atom stereocenters. The van der Waals surface area contributed by atoms with Gasteiger partial charge in [-0.3, -0.25) is 0 Å². The van der Waals surface area contributed by atoms with Gasteiger partial charge in [0.2, 0.25) is 0 Å². The van der Waals surface area contributed by atoms with E-state index >= 15 is 0 Å². The molecule has 0 spiro atoms. The Morgan fingerprint density at radius 1 is 1.25 bits per heavy atom. The van der Waals surface area contributed by atoms with Crippen LogP contribution in [-0.2, 0) is 6.54 Å². The van der Waals surface area contributed by atoms with E-state index in [0.29, 0.717) is 6.61 Å². The third kappa shape index (κ3) is 2.48. The fourth-order valence-corrected chi connectivity index (χ4v) is 3.07. The summed E-state index contributed by atoms with van der Waals surface area (Å²) in [6, 6.07) is 12.3. The second-order valence-electron chi connectivity index (χ2n) is 5.04. The highest BCUT2D eigenvalue weighted by Crippen LogP contribution is 2.33. The summed E-state index contributed by atoms with van der Waals surface area (Å²) in [5, 5.41) is 0. The number of hydrogen-bond donors (Lipinski definition) is 1. The number of nitrogen functional groups attached to an aromatic ring is 1. The Morgan fingerprint density at radius 3 is 2.90 bits per heavy atom. The van der Waals surface area contributed by atoms with Crippen molar-refractivity contribution in [3.63, 3.8) is 0 Å². The van der Waals surface area contributed by atoms with Crippen molar-refractivity contribution in [2.45, 2.75) is 13.5 Å². The summed E-state index contributed by atoms with van der Waals surface area (Å²) in [6.07, 6.45) is 0. The van der Waals surface area contributed by atoms with E-state index < -0.39 is 0 Å². The number of rotatable bonds is 1. The van der Waals surface area contributed by atoms with E-state index in [1.54, 1.807) is 0 Å². The minimum absolute atomic E-state index is 0.687. The lowest BCUT2D eigenvalue weighted by molar-refractivity contribution is 0.331. The van der Waals surface area contributed by atoms with E-state index in [-0.39, 0.29) is 0 Å². The van der Waals surface area contributed by atoms with Crippen LogP contribution in [0.4, 0.5) is 11.4 Å². The quantitative estimate of drug-likeness (QED) is 0.808. The van der Waals surface area contributed by atoms with Crippen LogP contribution >= 0.6 is 15.9 Å². The summed E-state index contributed by atoms with van der Waals surface area (Å²) in [4.78, 5) is 2.32. The number of aryl methyl sites for hydroxylation is 1. The van der Waals surface area contributed by atoms with E-state index in [4.69, 9.17) is 10.5 Å². The van der Waals surface area contributed by atoms with Crippen molar-refractivity contribution in [3.05, 3.63) is 52.0 Å². The molecular formula is C16H17BrN2O. The third-order valence-electron chi connectivity index (χ3n) is 3.63. The smallest absolute Gasteiger partial charge is 0.124 e. The first-order valence-electron chi connectivity index (χ1n) is 6.66. The Bertz CT molecular complexity index is 642. The van der Waals surface area contributed by atoms with Gasteiger partial charge in [0.25, 0.3) is 0 Å². The van der Waals surface area contributed by atoms with Gasteiger partial charge < -0.3 is 15.4 Å². The fourth-order valence-electron chi connectivity index (χ4n) is 2.46. The van der Waals surface area contributed by atoms with Gasteiger partial charge in [0, 0.05) is 22.3 Å². The maximum atomic E-state index is 5.95. The molecule has 3 rings (SSSR count). The summed E-state index contributed by atoms with van der Waals surface area (Å²) < 4.78 is 6.84. The van der Waals surface area contributed by atoms with E-state index in [9.17, 15) is 0 Å². The molecule has 0 amide bonds. The third-order valence-corrected chi connectivity index (χ3v) is 4.26. The predicted octanol–water partition coefficient (Wildman–Crippen LogP) is 3.74. The predicted molar refractivity (Wildman–Crippen MR) is 86.3 cm³/mol. The van der Waals surface area contributed by atoms with Crippen LogP contribution in [0, 0.1) is 6.92 Å². The van der Waals surface area contributed by atoms with E-state index in [1.807, 2.05) is 25.1 Å². The van der Waals surface area contributed by atoms with Gasteiger partial charge >= 0.3 is 0 Å². The van der Waals surface area contributed by atoms with Gasteiger partial charge in [0.1, 0.15) is 12.4 Å². The number of anilines is 2. The largest absolute Gasteiger partial charge is 0.491 e. The molecule has 0 saturated carbocycles. The Balaban J connectivity index is 1.97. The molecule has 0 unspecified atom stereocenters. The molecular weight excluding hydrogens is 316 g/mol. The maximum absolute atomic E-state index is 5.95. The molecule has 0 aromatic heterocycles. The van der Waals surface area contributed by atoms with Crippen molar-refractivity contribution in [3.8, 4) is 5.75 Å². The summed E-state index contributed by atoms with van der Waals surface area (Å²) in [7, 11) is 0. The van der Waals surface area contributed by atoms with Gasteiger partial charge in [-0.05, 0) is 46.6 Å². The molecule has 0 saturated heterocycles. The Morgan fingerprint density at radius 2 is 2.05 bits per heavy atom. The standard InChI is InChI=1S/C16H17BrN2O/c1-11-8-15(13(17)9-14(11)18)19-6-7-20-16-5-3-2-4-12(16)10-19/h2-5,8-9H,6-7,10,18H2,1H3. The fraction of sp³-hybridized carbons (Fsp3) is 0.250. The molecule has 0 aliphatic carbocycles. The Labute approximate surface area is 127 Å². The first-order valence-corrected chi connectivity index (χ1v) is 7.46. The van der Waals surface area contributed by atoms with Crippen molar-refractivity contribution >= 4 is 27.3 Å². The lowest BCUT2D eigenvalue weighted by atomic mass is 10.1. The number of halogens is 1. The van der Waals surface area contributed by atoms with Crippen LogP contribution in [0.3, 0.4) is 0 Å². The van der Waals surface area contributed by atoms with Crippen molar-refractivity contribution < 1.29 is 4.74 Å². The van der Waals surface area contributed by atoms with Gasteiger partial charge in [-0.25, -0.2) is 0 Å². The highest BCUT2D eigenvalue weighted by atomic mass is 79.9. The van der Waals surface area contributed by atoms with Gasteiger partial charge in [-0.1, -0.05) is 18.2 Å². The van der Waals surface area contributed by atoms with Crippen molar-refractivity contribution in [1.82, 2.24) is 0 Å². The zero-order valence-corrected chi connectivity index (χ0v) is 13.0. The van der Waals surface area contributed by atoms with E-state index in [0.717, 1.165) is 40.2 Å². The van der Waals surface area contributed by atoms with Crippen molar-refractivity contribution in [1.29, 1.82) is 0 Å². The topological polar surface area (TPSA) is 38.5 Å². The van der Waals surface area contributed by atoms with Crippen LogP contribution in [0.5, 0.6) is 5.75 Å². The van der Waals surface area contributed by atoms with Crippen LogP contribution < -0.4 is 15.4 Å². The normalized spacial score (nSPS) is 14.4. The van der Waals surface area contributed by atoms with Crippen LogP contribution in [0.1, 0.15) is 11.1 Å². The molecule has 2 N–H and O–H groups in total. The van der Waals surface area contributed by atoms with Gasteiger partial charge in [-0.2, -0.15) is 0 Å². The van der Waals surface area contributed by atoms with Crippen molar-refractivity contribution in [2.75, 3.05) is 23.8 Å². The number of nitrogens with two attached hydrogens (primary N) is 1. The van der Waals surface area contributed by atoms with Crippen LogP contribution in [-0.4, -0.2) is 13.2 Å². The molecule has 2 aromatic rings. The number of ether oxygens (including phenoxy) is 1. The highest BCUT2D eigenvalue weighted by Gasteiger charge is 2.17. The molecule has 1 aliphatic rings. The molecule has 4 heteroatoms. The zero-order valence-electron chi connectivity index (χ0n) is 11.4. The minimum Gasteiger partial charge on any atom is -0.491 e. The molecule has 2 aromatic carbocycles. The molecule has 0 fully saturated rings. The van der Waals surface area contributed by atoms with Gasteiger partial charge in [0.05, 0.1) is 12.2 Å². The number of benzene rings is 2. The molecule has 20 heavy (non-hydrogen) atoms. The molecule has 104 valence electrons. The maximum Gasteiger partial charge on any atom is 0.124 e. The first kappa shape index (κ1) is 13.3. The molecule has 0 radical (unpaired) electrons. The zero-order chi connectivity index (χ0) is 14.1. The average molecular weight is 333 g/mol. The van der Waals surface area contributed by atoms with E-state index in [1.165, 1.54) is 5.56 Å². The highest BCUT2D eigenvalue weighted by molar-refractivity contribution is 9.10. The summed E-state index contributed by atoms with van der Waals surface area (Å²) in [5.41, 5.74) is 10.2. The van der Waals surface area contributed by atoms with Crippen molar-refractivity contribution in [2.24, 2.45) is 0 Å². The van der Waals surface area contributed by atoms with Gasteiger partial charge in [-0.15, -0.1) is 0 Å². The number of nitrogens with zero attached hydrogens (tertiary/aromatic N) is 1. The lowest BCUT2D eigenvalue weighted by Gasteiger charge is -2.24. The van der Waals surface area contributed by atoms with Crippen LogP contribution in [0.15, 0.2) is 40.9 Å². The van der Waals surface area contributed by atoms with Crippen LogP contribution in [0.2, 0.25) is 0 Å². The Hall–Kier alpha value is -1.68. The Kier molecular flexibility index (Phi) is 3.57. The van der Waals surface area contributed by atoms with Gasteiger partial charge in [0.15, 0.2) is 0 Å². The summed E-state index contributed by atoms with van der Waals surface area (Å²) in [5.74, 6) is 0.985. The summed E-state index contributed by atoms with van der Waals surface area (Å²) in [6.45, 7) is 4.43. The molecule has 1 heterocycles. The SMILES string of the molecule is Cc1cc(N2CCOc3ccccc3C2)c(Br)cc1N. The minimum atomic E-state index is 0.687. The molecule has 0 bridgehead atoms. The second-order valence-corrected chi connectivity index (χ2v) is 5.89. The van der Waals surface area contributed by atoms with E-state index in [2.05, 4.69) is 39.0 Å². The number of hydrogen-bond acceptors (Lipinski definition) is 3. The lowest BCUT2D eigenvalue weighted by Crippen LogP contribution is -2.25. The molecule has 3 nitrogen and oxygen atoms in total. The molecule has 1 aliphatic heterocycles. The average Bonchev–Trinajstić information content (AvgIpc) is 2.65. The monoisotopic (exact) mass is 332 g/mol. The van der Waals surface area contributed by atoms with Crippen LogP contribution in [0.25, 0.3) is 0 Å².